The van der Waals surface area contributed by atoms with Crippen molar-refractivity contribution in [3.63, 3.8) is 0 Å². The van der Waals surface area contributed by atoms with Crippen molar-refractivity contribution >= 4 is 0 Å². The van der Waals surface area contributed by atoms with Crippen molar-refractivity contribution in [3.05, 3.63) is 0 Å². The largest absolute Gasteiger partial charge is 0.379 e. The van der Waals surface area contributed by atoms with Crippen LogP contribution in [0.15, 0.2) is 0 Å². The highest BCUT2D eigenvalue weighted by atomic mass is 16.5. The van der Waals surface area contributed by atoms with Crippen molar-refractivity contribution in [2.24, 2.45) is 5.92 Å². The van der Waals surface area contributed by atoms with Gasteiger partial charge in [0.2, 0.25) is 0 Å². The van der Waals surface area contributed by atoms with Crippen LogP contribution >= 0.6 is 0 Å². The summed E-state index contributed by atoms with van der Waals surface area (Å²) in [6.07, 6.45) is 6.35. The molecule has 0 amide bonds. The fourth-order valence-corrected chi connectivity index (χ4v) is 2.46. The van der Waals surface area contributed by atoms with Gasteiger partial charge in [-0.15, -0.1) is 0 Å². The third kappa shape index (κ3) is 5.28. The summed E-state index contributed by atoms with van der Waals surface area (Å²) in [6, 6.07) is 0.722. The molecule has 3 heteroatoms. The molecule has 2 atom stereocenters. The molecule has 1 N–H and O–H groups in total. The molecule has 0 radical (unpaired) electrons. The third-order valence-electron chi connectivity index (χ3n) is 3.38. The van der Waals surface area contributed by atoms with Crippen molar-refractivity contribution in [3.8, 4) is 0 Å². The number of rotatable bonds is 9. The van der Waals surface area contributed by atoms with Gasteiger partial charge in [0, 0.05) is 19.3 Å². The molecular formula is C13H27NO2. The average Bonchev–Trinajstić information content (AvgIpc) is 2.75. The molecule has 0 saturated heterocycles. The van der Waals surface area contributed by atoms with Crippen molar-refractivity contribution in [1.29, 1.82) is 0 Å². The second-order valence-electron chi connectivity index (χ2n) is 4.60. The van der Waals surface area contributed by atoms with E-state index in [0.29, 0.717) is 0 Å². The van der Waals surface area contributed by atoms with Crippen LogP contribution in [0.3, 0.4) is 0 Å². The molecule has 0 bridgehead atoms. The van der Waals surface area contributed by atoms with Crippen LogP contribution in [0.2, 0.25) is 0 Å². The van der Waals surface area contributed by atoms with E-state index in [1.807, 2.05) is 0 Å². The lowest BCUT2D eigenvalue weighted by Gasteiger charge is -2.18. The minimum absolute atomic E-state index is 0.722. The number of nitrogens with one attached hydrogen (secondary N) is 1. The zero-order chi connectivity index (χ0) is 11.6. The van der Waals surface area contributed by atoms with Gasteiger partial charge in [0.15, 0.2) is 0 Å². The van der Waals surface area contributed by atoms with Crippen LogP contribution in [-0.2, 0) is 9.47 Å². The first-order chi connectivity index (χ1) is 7.88. The standard InChI is InChI=1S/C13H27NO2/c1-3-8-15-10-11-16-9-7-12-5-4-6-13(12)14-2/h12-14H,3-11H2,1-2H3. The first kappa shape index (κ1) is 13.9. The third-order valence-corrected chi connectivity index (χ3v) is 3.38. The Morgan fingerprint density at radius 1 is 1.06 bits per heavy atom. The lowest BCUT2D eigenvalue weighted by atomic mass is 10.0. The van der Waals surface area contributed by atoms with Gasteiger partial charge < -0.3 is 14.8 Å². The minimum atomic E-state index is 0.722. The first-order valence-electron chi connectivity index (χ1n) is 6.71. The molecule has 1 aliphatic carbocycles. The summed E-state index contributed by atoms with van der Waals surface area (Å²) in [7, 11) is 2.07. The van der Waals surface area contributed by atoms with Gasteiger partial charge >= 0.3 is 0 Å². The van der Waals surface area contributed by atoms with Crippen LogP contribution in [0.4, 0.5) is 0 Å². The van der Waals surface area contributed by atoms with Crippen molar-refractivity contribution in [2.75, 3.05) is 33.5 Å². The Labute approximate surface area is 99.9 Å². The molecule has 1 aliphatic rings. The fraction of sp³-hybridized carbons (Fsp3) is 1.00. The maximum absolute atomic E-state index is 5.58. The van der Waals surface area contributed by atoms with E-state index in [1.165, 1.54) is 25.7 Å². The molecule has 0 aromatic heterocycles. The Morgan fingerprint density at radius 2 is 1.81 bits per heavy atom. The Morgan fingerprint density at radius 3 is 2.50 bits per heavy atom. The van der Waals surface area contributed by atoms with Crippen LogP contribution in [-0.4, -0.2) is 39.5 Å². The Balaban J connectivity index is 1.90. The van der Waals surface area contributed by atoms with E-state index in [2.05, 4.69) is 19.3 Å². The predicted octanol–water partition coefficient (Wildman–Crippen LogP) is 2.21. The molecular weight excluding hydrogens is 202 g/mol. The van der Waals surface area contributed by atoms with Crippen LogP contribution < -0.4 is 5.32 Å². The molecule has 0 spiro atoms. The first-order valence-corrected chi connectivity index (χ1v) is 6.71. The molecule has 2 unspecified atom stereocenters. The van der Waals surface area contributed by atoms with Gasteiger partial charge in [0.05, 0.1) is 13.2 Å². The van der Waals surface area contributed by atoms with Gasteiger partial charge in [-0.25, -0.2) is 0 Å². The van der Waals surface area contributed by atoms with E-state index in [-0.39, 0.29) is 0 Å². The second kappa shape index (κ2) is 8.97. The van der Waals surface area contributed by atoms with Gasteiger partial charge in [0.25, 0.3) is 0 Å². The van der Waals surface area contributed by atoms with Gasteiger partial charge in [-0.2, -0.15) is 0 Å². The van der Waals surface area contributed by atoms with Gasteiger partial charge in [0.1, 0.15) is 0 Å². The molecule has 0 aromatic carbocycles. The Bertz CT molecular complexity index is 164. The van der Waals surface area contributed by atoms with E-state index >= 15 is 0 Å². The number of hydrogen-bond donors (Lipinski definition) is 1. The molecule has 96 valence electrons. The van der Waals surface area contributed by atoms with E-state index in [0.717, 1.165) is 44.8 Å². The second-order valence-corrected chi connectivity index (χ2v) is 4.60. The van der Waals surface area contributed by atoms with E-state index < -0.39 is 0 Å². The average molecular weight is 229 g/mol. The Kier molecular flexibility index (Phi) is 7.81. The summed E-state index contributed by atoms with van der Waals surface area (Å²) >= 11 is 0. The zero-order valence-electron chi connectivity index (χ0n) is 10.8. The van der Waals surface area contributed by atoms with Crippen molar-refractivity contribution in [1.82, 2.24) is 5.32 Å². The number of ether oxygens (including phenoxy) is 2. The molecule has 0 aliphatic heterocycles. The Hall–Kier alpha value is -0.120. The minimum Gasteiger partial charge on any atom is -0.379 e. The SMILES string of the molecule is CCCOCCOCCC1CCCC1NC. The van der Waals surface area contributed by atoms with E-state index in [1.54, 1.807) is 0 Å². The maximum atomic E-state index is 5.58. The van der Waals surface area contributed by atoms with Crippen LogP contribution in [0, 0.1) is 5.92 Å². The van der Waals surface area contributed by atoms with Crippen molar-refractivity contribution < 1.29 is 9.47 Å². The monoisotopic (exact) mass is 229 g/mol. The molecule has 1 rings (SSSR count). The van der Waals surface area contributed by atoms with Crippen molar-refractivity contribution in [2.45, 2.75) is 45.1 Å². The van der Waals surface area contributed by atoms with Crippen LogP contribution in [0.25, 0.3) is 0 Å². The van der Waals surface area contributed by atoms with Gasteiger partial charge in [-0.05, 0) is 38.6 Å². The van der Waals surface area contributed by atoms with Crippen LogP contribution in [0.5, 0.6) is 0 Å². The lowest BCUT2D eigenvalue weighted by Crippen LogP contribution is -2.29. The molecule has 1 saturated carbocycles. The summed E-state index contributed by atoms with van der Waals surface area (Å²) in [5.41, 5.74) is 0. The summed E-state index contributed by atoms with van der Waals surface area (Å²) in [5.74, 6) is 0.821. The van der Waals surface area contributed by atoms with Gasteiger partial charge in [-0.3, -0.25) is 0 Å². The molecule has 3 nitrogen and oxygen atoms in total. The summed E-state index contributed by atoms with van der Waals surface area (Å²) in [4.78, 5) is 0. The number of hydrogen-bond acceptors (Lipinski definition) is 3. The van der Waals surface area contributed by atoms with E-state index in [9.17, 15) is 0 Å². The smallest absolute Gasteiger partial charge is 0.0700 e. The zero-order valence-corrected chi connectivity index (χ0v) is 10.8. The molecule has 1 fully saturated rings. The highest BCUT2D eigenvalue weighted by Crippen LogP contribution is 2.27. The van der Waals surface area contributed by atoms with Gasteiger partial charge in [-0.1, -0.05) is 13.3 Å². The highest BCUT2D eigenvalue weighted by Gasteiger charge is 2.24. The topological polar surface area (TPSA) is 30.5 Å². The summed E-state index contributed by atoms with van der Waals surface area (Å²) < 4.78 is 10.9. The normalized spacial score (nSPS) is 25.1. The molecule has 16 heavy (non-hydrogen) atoms. The van der Waals surface area contributed by atoms with Crippen LogP contribution in [0.1, 0.15) is 39.0 Å². The van der Waals surface area contributed by atoms with E-state index in [4.69, 9.17) is 9.47 Å². The summed E-state index contributed by atoms with van der Waals surface area (Å²) in [6.45, 7) is 5.36. The lowest BCUT2D eigenvalue weighted by molar-refractivity contribution is 0.0423. The molecule has 0 heterocycles. The maximum Gasteiger partial charge on any atom is 0.0700 e. The highest BCUT2D eigenvalue weighted by molar-refractivity contribution is 4.81. The predicted molar refractivity (Wildman–Crippen MR) is 66.7 cm³/mol. The quantitative estimate of drug-likeness (QED) is 0.615. The fourth-order valence-electron chi connectivity index (χ4n) is 2.46. The summed E-state index contributed by atoms with van der Waals surface area (Å²) in [5, 5.41) is 3.40. The molecule has 0 aromatic rings.